The van der Waals surface area contributed by atoms with Crippen molar-refractivity contribution >= 4 is 23.4 Å². The third-order valence-electron chi connectivity index (χ3n) is 5.45. The van der Waals surface area contributed by atoms with E-state index in [2.05, 4.69) is 4.90 Å². The van der Waals surface area contributed by atoms with Crippen molar-refractivity contribution in [1.29, 1.82) is 0 Å². The van der Waals surface area contributed by atoms with E-state index in [0.29, 0.717) is 29.1 Å². The number of ether oxygens (including phenoxy) is 1. The molecule has 160 valence electrons. The minimum Gasteiger partial charge on any atom is -0.493 e. The number of aliphatic hydroxyl groups excluding tert-OH is 1. The summed E-state index contributed by atoms with van der Waals surface area (Å²) in [4.78, 5) is 14.8. The molecule has 2 heterocycles. The summed E-state index contributed by atoms with van der Waals surface area (Å²) in [5.74, 6) is 1.28. The average molecular weight is 430 g/mol. The zero-order chi connectivity index (χ0) is 20.1. The minimum absolute atomic E-state index is 0. The number of hydrogen-bond acceptors (Lipinski definition) is 5. The Balaban J connectivity index is 0.00000256. The van der Waals surface area contributed by atoms with Crippen LogP contribution in [0.2, 0.25) is 0 Å². The highest BCUT2D eigenvalue weighted by Gasteiger charge is 2.16. The number of likely N-dealkylation sites (tertiary alicyclic amines) is 1. The number of fused-ring (bicyclic) bond motifs is 1. The molecule has 0 unspecified atom stereocenters. The van der Waals surface area contributed by atoms with Gasteiger partial charge in [0.2, 0.25) is 0 Å². The van der Waals surface area contributed by atoms with E-state index in [-0.39, 0.29) is 23.9 Å². The molecule has 0 atom stereocenters. The van der Waals surface area contributed by atoms with Crippen LogP contribution in [0.1, 0.15) is 25.7 Å². The van der Waals surface area contributed by atoms with Crippen LogP contribution in [-0.4, -0.2) is 42.4 Å². The predicted molar refractivity (Wildman–Crippen MR) is 122 cm³/mol. The van der Waals surface area contributed by atoms with Crippen molar-refractivity contribution in [2.24, 2.45) is 0 Å². The Morgan fingerprint density at radius 1 is 1.03 bits per heavy atom. The average Bonchev–Trinajstić information content (AvgIpc) is 2.75. The Hall–Kier alpha value is -2.34. The van der Waals surface area contributed by atoms with Crippen LogP contribution in [0.4, 0.5) is 0 Å². The Bertz CT molecular complexity index is 997. The summed E-state index contributed by atoms with van der Waals surface area (Å²) in [5, 5.41) is 10.1. The van der Waals surface area contributed by atoms with Crippen molar-refractivity contribution in [3.05, 3.63) is 64.8 Å². The third-order valence-corrected chi connectivity index (χ3v) is 5.45. The highest BCUT2D eigenvalue weighted by molar-refractivity contribution is 5.85. The summed E-state index contributed by atoms with van der Waals surface area (Å²) in [5.41, 5.74) is 1.37. The van der Waals surface area contributed by atoms with E-state index >= 15 is 0 Å². The number of nitrogens with zero attached hydrogens (tertiary/aromatic N) is 1. The van der Waals surface area contributed by atoms with E-state index in [1.54, 1.807) is 12.1 Å². The van der Waals surface area contributed by atoms with Gasteiger partial charge in [0.1, 0.15) is 17.1 Å². The van der Waals surface area contributed by atoms with Gasteiger partial charge in [-0.3, -0.25) is 4.79 Å². The molecule has 2 aromatic carbocycles. The maximum atomic E-state index is 12.4. The van der Waals surface area contributed by atoms with E-state index in [9.17, 15) is 9.90 Å². The van der Waals surface area contributed by atoms with Crippen LogP contribution in [0.25, 0.3) is 22.3 Å². The van der Waals surface area contributed by atoms with Gasteiger partial charge in [-0.15, -0.1) is 12.4 Å². The number of halogens is 1. The Morgan fingerprint density at radius 3 is 2.57 bits per heavy atom. The first-order valence-electron chi connectivity index (χ1n) is 10.4. The molecule has 30 heavy (non-hydrogen) atoms. The van der Waals surface area contributed by atoms with Crippen molar-refractivity contribution < 1.29 is 14.3 Å². The molecule has 0 radical (unpaired) electrons. The van der Waals surface area contributed by atoms with Crippen LogP contribution in [0.3, 0.4) is 0 Å². The lowest BCUT2D eigenvalue weighted by atomic mass is 10.1. The maximum Gasteiger partial charge on any atom is 0.193 e. The number of piperidine rings is 1. The van der Waals surface area contributed by atoms with Gasteiger partial charge in [-0.05, 0) is 44.4 Å². The zero-order valence-electron chi connectivity index (χ0n) is 17.0. The first-order valence-corrected chi connectivity index (χ1v) is 10.4. The molecule has 0 aliphatic carbocycles. The van der Waals surface area contributed by atoms with Crippen molar-refractivity contribution in [2.45, 2.75) is 31.8 Å². The molecule has 0 amide bonds. The maximum absolute atomic E-state index is 12.4. The monoisotopic (exact) mass is 429 g/mol. The summed E-state index contributed by atoms with van der Waals surface area (Å²) >= 11 is 0. The molecule has 1 N–H and O–H groups in total. The van der Waals surface area contributed by atoms with Crippen LogP contribution in [0.15, 0.2) is 63.8 Å². The van der Waals surface area contributed by atoms with Gasteiger partial charge < -0.3 is 19.2 Å². The molecule has 6 heteroatoms. The fourth-order valence-corrected chi connectivity index (χ4v) is 3.74. The van der Waals surface area contributed by atoms with Crippen molar-refractivity contribution in [3.63, 3.8) is 0 Å². The molecular formula is C24H28ClNO4. The topological polar surface area (TPSA) is 62.9 Å². The van der Waals surface area contributed by atoms with Gasteiger partial charge in [0, 0.05) is 30.8 Å². The van der Waals surface area contributed by atoms with Crippen LogP contribution < -0.4 is 10.2 Å². The van der Waals surface area contributed by atoms with Gasteiger partial charge in [-0.2, -0.15) is 0 Å². The van der Waals surface area contributed by atoms with E-state index in [4.69, 9.17) is 9.15 Å². The fraction of sp³-hybridized carbons (Fsp3) is 0.375. The van der Waals surface area contributed by atoms with Crippen molar-refractivity contribution in [1.82, 2.24) is 4.90 Å². The minimum atomic E-state index is -0.120. The van der Waals surface area contributed by atoms with Crippen molar-refractivity contribution in [3.8, 4) is 17.1 Å². The second-order valence-electron chi connectivity index (χ2n) is 7.63. The fourth-order valence-electron chi connectivity index (χ4n) is 3.74. The Morgan fingerprint density at radius 2 is 1.80 bits per heavy atom. The number of benzene rings is 2. The first-order chi connectivity index (χ1) is 14.2. The van der Waals surface area contributed by atoms with E-state index in [1.165, 1.54) is 6.07 Å². The summed E-state index contributed by atoms with van der Waals surface area (Å²) in [6.45, 7) is 3.64. The third kappa shape index (κ3) is 5.63. The highest BCUT2D eigenvalue weighted by Crippen LogP contribution is 2.25. The largest absolute Gasteiger partial charge is 0.493 e. The van der Waals surface area contributed by atoms with Gasteiger partial charge in [0.25, 0.3) is 0 Å². The molecule has 1 fully saturated rings. The number of hydrogen-bond donors (Lipinski definition) is 1. The molecule has 0 saturated carbocycles. The number of unbranched alkanes of at least 4 members (excludes halogenated alkanes) is 1. The number of rotatable bonds is 7. The normalized spacial score (nSPS) is 15.1. The van der Waals surface area contributed by atoms with Gasteiger partial charge >= 0.3 is 0 Å². The summed E-state index contributed by atoms with van der Waals surface area (Å²) in [6, 6.07) is 16.6. The summed E-state index contributed by atoms with van der Waals surface area (Å²) in [7, 11) is 0. The molecule has 1 aliphatic heterocycles. The lowest BCUT2D eigenvalue weighted by Crippen LogP contribution is -2.36. The lowest BCUT2D eigenvalue weighted by molar-refractivity contribution is 0.0812. The zero-order valence-corrected chi connectivity index (χ0v) is 17.8. The molecule has 1 aromatic heterocycles. The highest BCUT2D eigenvalue weighted by atomic mass is 35.5. The first kappa shape index (κ1) is 22.3. The molecule has 3 aromatic rings. The Kier molecular flexibility index (Phi) is 7.91. The van der Waals surface area contributed by atoms with Crippen LogP contribution >= 0.6 is 12.4 Å². The lowest BCUT2D eigenvalue weighted by Gasteiger charge is -2.29. The predicted octanol–water partition coefficient (Wildman–Crippen LogP) is 4.50. The van der Waals surface area contributed by atoms with Crippen LogP contribution in [0, 0.1) is 0 Å². The second kappa shape index (κ2) is 10.6. The van der Waals surface area contributed by atoms with Gasteiger partial charge in [0.05, 0.1) is 18.1 Å². The molecule has 0 bridgehead atoms. The van der Waals surface area contributed by atoms with Crippen LogP contribution in [0.5, 0.6) is 5.75 Å². The number of aliphatic hydroxyl groups is 1. The van der Waals surface area contributed by atoms with E-state index in [1.807, 2.05) is 36.4 Å². The quantitative estimate of drug-likeness (QED) is 0.560. The molecule has 1 saturated heterocycles. The Labute approximate surface area is 182 Å². The standard InChI is InChI=1S/C24H27NO4.ClH/c26-19-10-13-25(14-11-19)12-4-5-15-28-20-8-9-21-22(27)17-23(29-24(21)16-20)18-6-2-1-3-7-18;/h1-3,6-9,16-17,19,26H,4-5,10-15H2;1H. The molecule has 1 aliphatic rings. The van der Waals surface area contributed by atoms with Gasteiger partial charge in [-0.1, -0.05) is 30.3 Å². The van der Waals surface area contributed by atoms with Gasteiger partial charge in [0.15, 0.2) is 5.43 Å². The van der Waals surface area contributed by atoms with Crippen LogP contribution in [-0.2, 0) is 0 Å². The second-order valence-corrected chi connectivity index (χ2v) is 7.63. The smallest absolute Gasteiger partial charge is 0.193 e. The van der Waals surface area contributed by atoms with Gasteiger partial charge in [-0.25, -0.2) is 0 Å². The van der Waals surface area contributed by atoms with E-state index < -0.39 is 0 Å². The SMILES string of the molecule is Cl.O=c1cc(-c2ccccc2)oc2cc(OCCCCN3CCC(O)CC3)ccc12. The van der Waals surface area contributed by atoms with E-state index in [0.717, 1.165) is 50.9 Å². The molecular weight excluding hydrogens is 402 g/mol. The molecule has 4 rings (SSSR count). The molecule has 0 spiro atoms. The summed E-state index contributed by atoms with van der Waals surface area (Å²) < 4.78 is 11.9. The summed E-state index contributed by atoms with van der Waals surface area (Å²) in [6.07, 6.45) is 3.67. The van der Waals surface area contributed by atoms with Crippen molar-refractivity contribution in [2.75, 3.05) is 26.2 Å². The molecule has 5 nitrogen and oxygen atoms in total.